The van der Waals surface area contributed by atoms with Gasteiger partial charge in [-0.3, -0.25) is 9.88 Å². The molecule has 25 heavy (non-hydrogen) atoms. The van der Waals surface area contributed by atoms with E-state index in [-0.39, 0.29) is 12.0 Å². The number of pyridine rings is 1. The van der Waals surface area contributed by atoms with Gasteiger partial charge >= 0.3 is 6.09 Å². The monoisotopic (exact) mass is 335 g/mol. The van der Waals surface area contributed by atoms with E-state index in [4.69, 9.17) is 9.84 Å². The van der Waals surface area contributed by atoms with Gasteiger partial charge in [0, 0.05) is 17.4 Å². The van der Waals surface area contributed by atoms with Gasteiger partial charge in [0.15, 0.2) is 0 Å². The predicted octanol–water partition coefficient (Wildman–Crippen LogP) is 2.62. The number of aliphatic hydroxyl groups excluding tert-OH is 1. The normalized spacial score (nSPS) is 20.9. The van der Waals surface area contributed by atoms with E-state index in [1.54, 1.807) is 6.20 Å². The Morgan fingerprint density at radius 3 is 2.48 bits per heavy atom. The van der Waals surface area contributed by atoms with Crippen LogP contribution in [0.25, 0.3) is 11.1 Å². The lowest BCUT2D eigenvalue weighted by Crippen LogP contribution is -2.25. The maximum Gasteiger partial charge on any atom is 0.414 e. The molecule has 0 unspecified atom stereocenters. The Hall–Kier alpha value is -2.91. The maximum atomic E-state index is 11.8. The van der Waals surface area contributed by atoms with Crippen LogP contribution in [-0.4, -0.2) is 35.4 Å². The molecular formula is C19H17N3O3. The van der Waals surface area contributed by atoms with E-state index >= 15 is 0 Å². The molecule has 1 aliphatic heterocycles. The number of cyclic esters (lactones) is 1. The number of rotatable bonds is 4. The number of hydrogen-bond donors (Lipinski definition) is 1. The van der Waals surface area contributed by atoms with Crippen LogP contribution in [0.5, 0.6) is 0 Å². The van der Waals surface area contributed by atoms with E-state index in [1.807, 2.05) is 36.4 Å². The topological polar surface area (TPSA) is 86.5 Å². The Bertz CT molecular complexity index is 836. The molecule has 126 valence electrons. The summed E-state index contributed by atoms with van der Waals surface area (Å²) >= 11 is 0. The zero-order valence-corrected chi connectivity index (χ0v) is 13.6. The third-order valence-corrected chi connectivity index (χ3v) is 4.81. The summed E-state index contributed by atoms with van der Waals surface area (Å²) in [6.45, 7) is 0.170. The average Bonchev–Trinajstić information content (AvgIpc) is 3.38. The van der Waals surface area contributed by atoms with Gasteiger partial charge in [-0.25, -0.2) is 4.79 Å². The first-order chi connectivity index (χ1) is 12.1. The van der Waals surface area contributed by atoms with Crippen LogP contribution in [0.15, 0.2) is 42.6 Å². The molecule has 1 aliphatic carbocycles. The molecule has 0 radical (unpaired) electrons. The zero-order chi connectivity index (χ0) is 17.4. The van der Waals surface area contributed by atoms with Gasteiger partial charge in [0.1, 0.15) is 6.10 Å². The summed E-state index contributed by atoms with van der Waals surface area (Å²) in [5, 5.41) is 18.4. The van der Waals surface area contributed by atoms with Gasteiger partial charge in [-0.05, 0) is 36.6 Å². The molecule has 1 aromatic carbocycles. The Kier molecular flexibility index (Phi) is 3.66. The van der Waals surface area contributed by atoms with Gasteiger partial charge in [-0.1, -0.05) is 18.2 Å². The van der Waals surface area contributed by atoms with Crippen molar-refractivity contribution in [2.75, 3.05) is 18.1 Å². The quantitative estimate of drug-likeness (QED) is 0.928. The third-order valence-electron chi connectivity index (χ3n) is 4.81. The van der Waals surface area contributed by atoms with Crippen molar-refractivity contribution >= 4 is 11.8 Å². The summed E-state index contributed by atoms with van der Waals surface area (Å²) < 4.78 is 5.05. The molecule has 4 rings (SSSR count). The number of hydrogen-bond acceptors (Lipinski definition) is 5. The number of aliphatic hydroxyl groups is 1. The van der Waals surface area contributed by atoms with E-state index in [0.717, 1.165) is 35.3 Å². The second-order valence-corrected chi connectivity index (χ2v) is 6.47. The number of aromatic nitrogens is 1. The number of nitrogens with zero attached hydrogens (tertiary/aromatic N) is 3. The summed E-state index contributed by atoms with van der Waals surface area (Å²) in [7, 11) is 0. The smallest absolute Gasteiger partial charge is 0.414 e. The SMILES string of the molecule is N#CC1(c2ccc(-c3ccc(N4C[C@H](CO)OC4=O)cc3)cn2)CC1. The van der Waals surface area contributed by atoms with Crippen molar-refractivity contribution in [1.82, 2.24) is 4.98 Å². The van der Waals surface area contributed by atoms with Gasteiger partial charge in [-0.2, -0.15) is 5.26 Å². The molecule has 2 fully saturated rings. The number of carbonyl (C=O) groups excluding carboxylic acids is 1. The highest BCUT2D eigenvalue weighted by Gasteiger charge is 2.46. The Morgan fingerprint density at radius 1 is 1.24 bits per heavy atom. The van der Waals surface area contributed by atoms with Crippen LogP contribution in [0.1, 0.15) is 18.5 Å². The summed E-state index contributed by atoms with van der Waals surface area (Å²) in [5.41, 5.74) is 3.14. The molecule has 0 bridgehead atoms. The lowest BCUT2D eigenvalue weighted by molar-refractivity contribution is 0.0963. The number of amides is 1. The fraction of sp³-hybridized carbons (Fsp3) is 0.316. The molecule has 1 atom stereocenters. The summed E-state index contributed by atoms with van der Waals surface area (Å²) in [6, 6.07) is 13.8. The van der Waals surface area contributed by atoms with Crippen molar-refractivity contribution in [2.24, 2.45) is 0 Å². The van der Waals surface area contributed by atoms with Crippen molar-refractivity contribution in [3.63, 3.8) is 0 Å². The van der Waals surface area contributed by atoms with Crippen molar-refractivity contribution < 1.29 is 14.6 Å². The molecule has 1 N–H and O–H groups in total. The maximum absolute atomic E-state index is 11.8. The Balaban J connectivity index is 1.53. The van der Waals surface area contributed by atoms with Crippen molar-refractivity contribution in [3.8, 4) is 17.2 Å². The Labute approximate surface area is 145 Å². The molecule has 6 heteroatoms. The summed E-state index contributed by atoms with van der Waals surface area (Å²) in [4.78, 5) is 17.8. The Morgan fingerprint density at radius 2 is 1.96 bits per heavy atom. The molecule has 2 heterocycles. The molecule has 6 nitrogen and oxygen atoms in total. The van der Waals surface area contributed by atoms with Crippen LogP contribution < -0.4 is 4.90 Å². The first-order valence-corrected chi connectivity index (χ1v) is 8.22. The number of carbonyl (C=O) groups is 1. The fourth-order valence-electron chi connectivity index (χ4n) is 3.06. The summed E-state index contributed by atoms with van der Waals surface area (Å²) in [5.74, 6) is 0. The number of benzene rings is 1. The first-order valence-electron chi connectivity index (χ1n) is 8.22. The van der Waals surface area contributed by atoms with Crippen LogP contribution in [-0.2, 0) is 10.2 Å². The molecular weight excluding hydrogens is 318 g/mol. The minimum atomic E-state index is -0.473. The lowest BCUT2D eigenvalue weighted by atomic mass is 10.0. The van der Waals surface area contributed by atoms with Crippen LogP contribution >= 0.6 is 0 Å². The highest BCUT2D eigenvalue weighted by atomic mass is 16.6. The lowest BCUT2D eigenvalue weighted by Gasteiger charge is -2.13. The van der Waals surface area contributed by atoms with Crippen LogP contribution in [0.3, 0.4) is 0 Å². The number of ether oxygens (including phenoxy) is 1. The summed E-state index contributed by atoms with van der Waals surface area (Å²) in [6.07, 6.45) is 2.63. The van der Waals surface area contributed by atoms with E-state index in [2.05, 4.69) is 11.1 Å². The largest absolute Gasteiger partial charge is 0.441 e. The number of anilines is 1. The van der Waals surface area contributed by atoms with Gasteiger partial charge in [0.2, 0.25) is 0 Å². The van der Waals surface area contributed by atoms with Crippen LogP contribution in [0.4, 0.5) is 10.5 Å². The number of nitriles is 1. The van der Waals surface area contributed by atoms with Gasteiger partial charge in [0.05, 0.1) is 30.3 Å². The molecule has 1 saturated heterocycles. The first kappa shape index (κ1) is 15.6. The molecule has 2 aliphatic rings. The highest BCUT2D eigenvalue weighted by molar-refractivity contribution is 5.90. The molecule has 1 saturated carbocycles. The fourth-order valence-corrected chi connectivity index (χ4v) is 3.06. The van der Waals surface area contributed by atoms with Crippen molar-refractivity contribution in [1.29, 1.82) is 5.26 Å². The van der Waals surface area contributed by atoms with Gasteiger partial charge < -0.3 is 9.84 Å². The van der Waals surface area contributed by atoms with E-state index in [0.29, 0.717) is 6.54 Å². The molecule has 0 spiro atoms. The standard InChI is InChI=1S/C19H17N3O3/c20-12-19(7-8-19)17-6-3-14(9-21-17)13-1-4-15(5-2-13)22-10-16(11-23)25-18(22)24/h1-6,9,16,23H,7-8,10-11H2/t16-/m1/s1. The average molecular weight is 335 g/mol. The van der Waals surface area contributed by atoms with E-state index in [1.165, 1.54) is 4.90 Å². The van der Waals surface area contributed by atoms with Crippen LogP contribution in [0.2, 0.25) is 0 Å². The van der Waals surface area contributed by atoms with E-state index < -0.39 is 12.2 Å². The molecule has 2 aromatic rings. The van der Waals surface area contributed by atoms with Gasteiger partial charge in [-0.15, -0.1) is 0 Å². The van der Waals surface area contributed by atoms with Gasteiger partial charge in [0.25, 0.3) is 0 Å². The highest BCUT2D eigenvalue weighted by Crippen LogP contribution is 2.46. The third kappa shape index (κ3) is 2.73. The van der Waals surface area contributed by atoms with Crippen LogP contribution in [0, 0.1) is 11.3 Å². The second-order valence-electron chi connectivity index (χ2n) is 6.47. The minimum Gasteiger partial charge on any atom is -0.441 e. The zero-order valence-electron chi connectivity index (χ0n) is 13.6. The second kappa shape index (κ2) is 5.87. The predicted molar refractivity (Wildman–Crippen MR) is 90.9 cm³/mol. The minimum absolute atomic E-state index is 0.178. The van der Waals surface area contributed by atoms with E-state index in [9.17, 15) is 10.1 Å². The van der Waals surface area contributed by atoms with Crippen molar-refractivity contribution in [2.45, 2.75) is 24.4 Å². The molecule has 1 aromatic heterocycles. The molecule has 1 amide bonds. The van der Waals surface area contributed by atoms with Crippen molar-refractivity contribution in [3.05, 3.63) is 48.3 Å².